The van der Waals surface area contributed by atoms with Gasteiger partial charge in [0.2, 0.25) is 0 Å². The van der Waals surface area contributed by atoms with E-state index in [2.05, 4.69) is 27.6 Å². The number of nitrogens with zero attached hydrogens (tertiary/aromatic N) is 2. The van der Waals surface area contributed by atoms with E-state index in [0.29, 0.717) is 0 Å². The Balaban J connectivity index is 0.000000221. The fraction of sp³-hybridized carbons (Fsp3) is 0.167. The van der Waals surface area contributed by atoms with Crippen molar-refractivity contribution in [3.05, 3.63) is 41.2 Å². The van der Waals surface area contributed by atoms with E-state index in [1.54, 1.807) is 11.3 Å². The van der Waals surface area contributed by atoms with Gasteiger partial charge in [0.25, 0.3) is 0 Å². The van der Waals surface area contributed by atoms with E-state index >= 15 is 0 Å². The van der Waals surface area contributed by atoms with Crippen molar-refractivity contribution in [2.24, 2.45) is 10.9 Å². The molecule has 0 aliphatic heterocycles. The van der Waals surface area contributed by atoms with Crippen LogP contribution in [0.5, 0.6) is 0 Å². The van der Waals surface area contributed by atoms with Gasteiger partial charge in [-0.1, -0.05) is 30.3 Å². The van der Waals surface area contributed by atoms with E-state index in [0.717, 1.165) is 11.4 Å². The van der Waals surface area contributed by atoms with Gasteiger partial charge in [-0.2, -0.15) is 5.10 Å². The van der Waals surface area contributed by atoms with E-state index in [9.17, 15) is 0 Å². The van der Waals surface area contributed by atoms with Crippen LogP contribution in [-0.2, 0) is 0 Å². The van der Waals surface area contributed by atoms with E-state index in [1.807, 2.05) is 37.6 Å². The van der Waals surface area contributed by atoms with E-state index in [1.165, 1.54) is 5.56 Å². The monoisotopic (exact) mass is 233 g/mol. The van der Waals surface area contributed by atoms with Crippen LogP contribution in [-0.4, -0.2) is 10.7 Å². The fourth-order valence-corrected chi connectivity index (χ4v) is 1.53. The number of hydrogen-bond donors (Lipinski definition) is 1. The normalized spacial score (nSPS) is 8.88. The number of aromatic nitrogens is 1. The van der Waals surface area contributed by atoms with Gasteiger partial charge in [-0.3, -0.25) is 0 Å². The van der Waals surface area contributed by atoms with Gasteiger partial charge >= 0.3 is 0 Å². The molecular weight excluding hydrogens is 218 g/mol. The molecule has 2 rings (SSSR count). The van der Waals surface area contributed by atoms with Crippen LogP contribution in [0.4, 0.5) is 0 Å². The van der Waals surface area contributed by atoms with E-state index in [4.69, 9.17) is 5.84 Å². The topological polar surface area (TPSA) is 51.3 Å². The Morgan fingerprint density at radius 3 is 2.31 bits per heavy atom. The molecule has 0 atom stereocenters. The lowest BCUT2D eigenvalue weighted by Gasteiger charge is -1.92. The molecule has 0 saturated carbocycles. The van der Waals surface area contributed by atoms with Crippen molar-refractivity contribution >= 4 is 17.0 Å². The first-order valence-corrected chi connectivity index (χ1v) is 5.83. The Hall–Kier alpha value is -1.68. The van der Waals surface area contributed by atoms with Crippen LogP contribution in [0.25, 0.3) is 11.3 Å². The zero-order valence-electron chi connectivity index (χ0n) is 9.42. The number of hydrogen-bond acceptors (Lipinski definition) is 4. The summed E-state index contributed by atoms with van der Waals surface area (Å²) < 4.78 is 0. The summed E-state index contributed by atoms with van der Waals surface area (Å²) in [5.74, 6) is 4.76. The third-order valence-electron chi connectivity index (χ3n) is 1.76. The summed E-state index contributed by atoms with van der Waals surface area (Å²) >= 11 is 1.62. The van der Waals surface area contributed by atoms with Gasteiger partial charge in [-0.15, -0.1) is 11.3 Å². The highest BCUT2D eigenvalue weighted by Gasteiger charge is 1.95. The van der Waals surface area contributed by atoms with Crippen molar-refractivity contribution < 1.29 is 0 Å². The highest BCUT2D eigenvalue weighted by molar-refractivity contribution is 7.07. The van der Waals surface area contributed by atoms with E-state index < -0.39 is 0 Å². The second-order valence-corrected chi connectivity index (χ2v) is 4.03. The third-order valence-corrected chi connectivity index (χ3v) is 2.35. The molecule has 84 valence electrons. The molecule has 1 aromatic carbocycles. The molecule has 2 aromatic rings. The quantitative estimate of drug-likeness (QED) is 0.467. The summed E-state index contributed by atoms with van der Waals surface area (Å²) in [6, 6.07) is 10.2. The van der Waals surface area contributed by atoms with Gasteiger partial charge in [0.05, 0.1) is 11.2 Å². The summed E-state index contributed by atoms with van der Waals surface area (Å²) in [4.78, 5) is 4.20. The lowest BCUT2D eigenvalue weighted by molar-refractivity contribution is 1.23. The zero-order valence-corrected chi connectivity index (χ0v) is 10.2. The number of benzene rings is 1. The van der Waals surface area contributed by atoms with Crippen LogP contribution >= 0.6 is 11.3 Å². The van der Waals surface area contributed by atoms with Crippen molar-refractivity contribution in [1.82, 2.24) is 4.98 Å². The lowest BCUT2D eigenvalue weighted by atomic mass is 10.2. The molecule has 3 nitrogen and oxygen atoms in total. The molecule has 1 aromatic heterocycles. The van der Waals surface area contributed by atoms with Crippen LogP contribution in [0.2, 0.25) is 0 Å². The van der Waals surface area contributed by atoms with Crippen molar-refractivity contribution in [3.63, 3.8) is 0 Å². The molecule has 4 heteroatoms. The molecule has 0 unspecified atom stereocenters. The molecule has 0 radical (unpaired) electrons. The first kappa shape index (κ1) is 12.4. The SMILES string of the molecule is CC(C)=NN.c1ccc(-c2cscn2)cc1. The highest BCUT2D eigenvalue weighted by Crippen LogP contribution is 2.17. The lowest BCUT2D eigenvalue weighted by Crippen LogP contribution is -1.86. The van der Waals surface area contributed by atoms with Crippen molar-refractivity contribution in [3.8, 4) is 11.3 Å². The summed E-state index contributed by atoms with van der Waals surface area (Å²) in [7, 11) is 0. The average Bonchev–Trinajstić information content (AvgIpc) is 2.84. The molecule has 2 N–H and O–H groups in total. The molecule has 0 aliphatic rings. The van der Waals surface area contributed by atoms with Crippen LogP contribution < -0.4 is 5.84 Å². The maximum atomic E-state index is 4.76. The summed E-state index contributed by atoms with van der Waals surface area (Å²) in [5, 5.41) is 5.36. The largest absolute Gasteiger partial charge is 0.323 e. The highest BCUT2D eigenvalue weighted by atomic mass is 32.1. The first-order chi connectivity index (χ1) is 7.74. The van der Waals surface area contributed by atoms with Gasteiger partial charge in [0.1, 0.15) is 0 Å². The predicted octanol–water partition coefficient (Wildman–Crippen LogP) is 3.15. The van der Waals surface area contributed by atoms with Gasteiger partial charge in [-0.05, 0) is 13.8 Å². The zero-order chi connectivity index (χ0) is 11.8. The number of rotatable bonds is 1. The van der Waals surface area contributed by atoms with Crippen LogP contribution in [0.3, 0.4) is 0 Å². The molecule has 0 bridgehead atoms. The Kier molecular flexibility index (Phi) is 5.22. The first-order valence-electron chi connectivity index (χ1n) is 4.88. The standard InChI is InChI=1S/C9H7NS.C3H8N2/c1-2-4-8(5-3-1)9-6-11-7-10-9;1-3(2)5-4/h1-7H;4H2,1-2H3. The second kappa shape index (κ2) is 6.74. The summed E-state index contributed by atoms with van der Waals surface area (Å²) in [5.41, 5.74) is 5.01. The molecular formula is C12H15N3S. The number of thiazole rings is 1. The van der Waals surface area contributed by atoms with Crippen molar-refractivity contribution in [2.45, 2.75) is 13.8 Å². The molecule has 0 aliphatic carbocycles. The Bertz CT molecular complexity index is 417. The minimum atomic E-state index is 0.907. The number of nitrogens with two attached hydrogens (primary N) is 1. The van der Waals surface area contributed by atoms with Crippen molar-refractivity contribution in [1.29, 1.82) is 0 Å². The Morgan fingerprint density at radius 1 is 1.25 bits per heavy atom. The fourth-order valence-electron chi connectivity index (χ4n) is 0.964. The van der Waals surface area contributed by atoms with Crippen LogP contribution in [0.15, 0.2) is 46.3 Å². The van der Waals surface area contributed by atoms with Crippen LogP contribution in [0, 0.1) is 0 Å². The predicted molar refractivity (Wildman–Crippen MR) is 70.5 cm³/mol. The van der Waals surface area contributed by atoms with Gasteiger partial charge < -0.3 is 5.84 Å². The minimum absolute atomic E-state index is 0.907. The minimum Gasteiger partial charge on any atom is -0.323 e. The Morgan fingerprint density at radius 2 is 1.88 bits per heavy atom. The van der Waals surface area contributed by atoms with Gasteiger partial charge in [-0.25, -0.2) is 4.98 Å². The van der Waals surface area contributed by atoms with Gasteiger partial charge in [0.15, 0.2) is 0 Å². The third kappa shape index (κ3) is 4.23. The smallest absolute Gasteiger partial charge is 0.0811 e. The maximum Gasteiger partial charge on any atom is 0.0811 e. The van der Waals surface area contributed by atoms with Gasteiger partial charge in [0, 0.05) is 16.7 Å². The maximum absolute atomic E-state index is 4.76. The molecule has 0 amide bonds. The van der Waals surface area contributed by atoms with Crippen LogP contribution in [0.1, 0.15) is 13.8 Å². The second-order valence-electron chi connectivity index (χ2n) is 3.32. The Labute approximate surface area is 99.7 Å². The van der Waals surface area contributed by atoms with Crippen molar-refractivity contribution in [2.75, 3.05) is 0 Å². The average molecular weight is 233 g/mol. The molecule has 0 fully saturated rings. The molecule has 1 heterocycles. The molecule has 0 saturated heterocycles. The van der Waals surface area contributed by atoms with E-state index in [-0.39, 0.29) is 0 Å². The summed E-state index contributed by atoms with van der Waals surface area (Å²) in [6.45, 7) is 3.69. The molecule has 0 spiro atoms. The number of hydrazone groups is 1. The molecule has 16 heavy (non-hydrogen) atoms. The summed E-state index contributed by atoms with van der Waals surface area (Å²) in [6.07, 6.45) is 0.